The van der Waals surface area contributed by atoms with E-state index in [1.165, 1.54) is 33.5 Å². The van der Waals surface area contributed by atoms with Gasteiger partial charge in [-0.1, -0.05) is 56.4 Å². The highest BCUT2D eigenvalue weighted by Gasteiger charge is 2.16. The molecule has 5 aromatic rings. The van der Waals surface area contributed by atoms with E-state index in [1.54, 1.807) is 30.3 Å². The lowest BCUT2D eigenvalue weighted by molar-refractivity contribution is 0.571. The molecule has 160 valence electrons. The molecule has 3 aromatic heterocycles. The van der Waals surface area contributed by atoms with Gasteiger partial charge >= 0.3 is 0 Å². The predicted molar refractivity (Wildman–Crippen MR) is 124 cm³/mol. The van der Waals surface area contributed by atoms with Crippen LogP contribution in [-0.4, -0.2) is 14.6 Å². The molecule has 5 nitrogen and oxygen atoms in total. The average molecular weight is 446 g/mol. The van der Waals surface area contributed by atoms with Crippen molar-refractivity contribution in [3.05, 3.63) is 92.7 Å². The van der Waals surface area contributed by atoms with E-state index in [2.05, 4.69) is 43.0 Å². The zero-order valence-electron chi connectivity index (χ0n) is 17.8. The number of hydrogen-bond donors (Lipinski definition) is 0. The van der Waals surface area contributed by atoms with E-state index < -0.39 is 0 Å². The average Bonchev–Trinajstić information content (AvgIpc) is 3.46. The van der Waals surface area contributed by atoms with Gasteiger partial charge in [-0.25, -0.2) is 4.39 Å². The molecule has 0 radical (unpaired) electrons. The zero-order chi connectivity index (χ0) is 22.5. The van der Waals surface area contributed by atoms with Crippen LogP contribution < -0.4 is 10.1 Å². The fourth-order valence-electron chi connectivity index (χ4n) is 3.40. The normalized spacial score (nSPS) is 12.7. The number of furan rings is 1. The SMILES string of the molecule is CC(C)(C)c1ccc(-c2nc3sc(=Cc4ccc(-c5ccc(F)cc5)o4)c(=O)n3n2)cc1. The van der Waals surface area contributed by atoms with Gasteiger partial charge in [0.1, 0.15) is 21.9 Å². The Morgan fingerprint density at radius 3 is 2.31 bits per heavy atom. The van der Waals surface area contributed by atoms with Gasteiger partial charge in [-0.2, -0.15) is 9.50 Å². The van der Waals surface area contributed by atoms with Crippen molar-refractivity contribution in [3.63, 3.8) is 0 Å². The van der Waals surface area contributed by atoms with Gasteiger partial charge in [0.25, 0.3) is 5.56 Å². The van der Waals surface area contributed by atoms with Crippen LogP contribution in [0.4, 0.5) is 4.39 Å². The van der Waals surface area contributed by atoms with Crippen molar-refractivity contribution in [1.29, 1.82) is 0 Å². The minimum Gasteiger partial charge on any atom is -0.457 e. The van der Waals surface area contributed by atoms with Crippen molar-refractivity contribution in [2.75, 3.05) is 0 Å². The lowest BCUT2D eigenvalue weighted by atomic mass is 9.87. The van der Waals surface area contributed by atoms with E-state index in [0.29, 0.717) is 26.8 Å². The van der Waals surface area contributed by atoms with Crippen molar-refractivity contribution >= 4 is 22.4 Å². The van der Waals surface area contributed by atoms with Crippen LogP contribution in [0.1, 0.15) is 32.1 Å². The van der Waals surface area contributed by atoms with Crippen LogP contribution in [0.2, 0.25) is 0 Å². The van der Waals surface area contributed by atoms with E-state index >= 15 is 0 Å². The van der Waals surface area contributed by atoms with Crippen LogP contribution in [0, 0.1) is 5.82 Å². The molecule has 0 aliphatic carbocycles. The zero-order valence-corrected chi connectivity index (χ0v) is 18.6. The number of thiazole rings is 1. The molecule has 7 heteroatoms. The Labute approximate surface area is 187 Å². The third-order valence-electron chi connectivity index (χ3n) is 5.22. The Morgan fingerprint density at radius 1 is 0.969 bits per heavy atom. The third kappa shape index (κ3) is 3.76. The van der Waals surface area contributed by atoms with Crippen molar-refractivity contribution in [3.8, 4) is 22.7 Å². The van der Waals surface area contributed by atoms with Gasteiger partial charge in [-0.05, 0) is 47.4 Å². The van der Waals surface area contributed by atoms with E-state index in [4.69, 9.17) is 4.42 Å². The monoisotopic (exact) mass is 445 g/mol. The molecular weight excluding hydrogens is 425 g/mol. The van der Waals surface area contributed by atoms with Gasteiger partial charge in [0.2, 0.25) is 4.96 Å². The van der Waals surface area contributed by atoms with E-state index in [-0.39, 0.29) is 16.8 Å². The summed E-state index contributed by atoms with van der Waals surface area (Å²) in [6.07, 6.45) is 1.67. The minimum atomic E-state index is -0.304. The molecule has 5 rings (SSSR count). The fraction of sp³-hybridized carbons (Fsp3) is 0.160. The third-order valence-corrected chi connectivity index (χ3v) is 6.18. The number of benzene rings is 2. The lowest BCUT2D eigenvalue weighted by Crippen LogP contribution is -2.23. The van der Waals surface area contributed by atoms with Crippen molar-refractivity contribution in [2.45, 2.75) is 26.2 Å². The van der Waals surface area contributed by atoms with Gasteiger partial charge in [-0.3, -0.25) is 4.79 Å². The summed E-state index contributed by atoms with van der Waals surface area (Å²) in [7, 11) is 0. The molecule has 0 fully saturated rings. The van der Waals surface area contributed by atoms with Crippen molar-refractivity contribution in [1.82, 2.24) is 14.6 Å². The second kappa shape index (κ2) is 7.53. The summed E-state index contributed by atoms with van der Waals surface area (Å²) in [6, 6.07) is 17.7. The molecule has 0 N–H and O–H groups in total. The number of aromatic nitrogens is 3. The highest BCUT2D eigenvalue weighted by atomic mass is 32.1. The maximum absolute atomic E-state index is 13.1. The molecular formula is C25H20FN3O2S. The number of hydrogen-bond acceptors (Lipinski definition) is 5. The first-order chi connectivity index (χ1) is 15.3. The quantitative estimate of drug-likeness (QED) is 0.389. The summed E-state index contributed by atoms with van der Waals surface area (Å²) in [6.45, 7) is 6.49. The second-order valence-corrected chi connectivity index (χ2v) is 9.59. The molecule has 0 unspecified atom stereocenters. The first-order valence-corrected chi connectivity index (χ1v) is 11.0. The van der Waals surface area contributed by atoms with Crippen molar-refractivity contribution in [2.24, 2.45) is 0 Å². The van der Waals surface area contributed by atoms with Crippen LogP contribution in [0.25, 0.3) is 33.7 Å². The molecule has 0 bridgehead atoms. The van der Waals surface area contributed by atoms with E-state index in [0.717, 1.165) is 11.1 Å². The van der Waals surface area contributed by atoms with Gasteiger partial charge in [0, 0.05) is 17.2 Å². The van der Waals surface area contributed by atoms with Crippen molar-refractivity contribution < 1.29 is 8.81 Å². The van der Waals surface area contributed by atoms with Gasteiger partial charge in [0.15, 0.2) is 5.82 Å². The van der Waals surface area contributed by atoms with Gasteiger partial charge in [-0.15, -0.1) is 5.10 Å². The Morgan fingerprint density at radius 2 is 1.66 bits per heavy atom. The largest absolute Gasteiger partial charge is 0.457 e. The molecule has 0 atom stereocenters. The second-order valence-electron chi connectivity index (χ2n) is 8.58. The number of fused-ring (bicyclic) bond motifs is 1. The predicted octanol–water partition coefficient (Wildman–Crippen LogP) is 5.06. The number of rotatable bonds is 3. The highest BCUT2D eigenvalue weighted by molar-refractivity contribution is 7.15. The Balaban J connectivity index is 1.46. The van der Waals surface area contributed by atoms with Crippen LogP contribution in [0.3, 0.4) is 0 Å². The van der Waals surface area contributed by atoms with Crippen LogP contribution in [0.15, 0.2) is 69.9 Å². The van der Waals surface area contributed by atoms with Gasteiger partial charge < -0.3 is 4.42 Å². The Hall–Kier alpha value is -3.58. The number of nitrogens with zero attached hydrogens (tertiary/aromatic N) is 3. The molecule has 0 saturated carbocycles. The summed E-state index contributed by atoms with van der Waals surface area (Å²) < 4.78 is 20.7. The number of halogens is 1. The molecule has 32 heavy (non-hydrogen) atoms. The summed E-state index contributed by atoms with van der Waals surface area (Å²) >= 11 is 1.26. The summed E-state index contributed by atoms with van der Waals surface area (Å²) in [4.78, 5) is 17.9. The Bertz CT molecular complexity index is 1520. The maximum atomic E-state index is 13.1. The topological polar surface area (TPSA) is 60.4 Å². The molecule has 0 aliphatic rings. The standard InChI is InChI=1S/C25H20FN3O2S/c1-25(2,3)17-8-4-16(5-9-17)22-27-24-29(28-22)23(30)21(32-24)14-19-12-13-20(31-19)15-6-10-18(26)11-7-15/h4-14H,1-3H3. The first kappa shape index (κ1) is 20.3. The maximum Gasteiger partial charge on any atom is 0.291 e. The van der Waals surface area contributed by atoms with Crippen LogP contribution in [0.5, 0.6) is 0 Å². The fourth-order valence-corrected chi connectivity index (χ4v) is 4.29. The van der Waals surface area contributed by atoms with Crippen LogP contribution in [-0.2, 0) is 5.41 Å². The minimum absolute atomic E-state index is 0.0653. The lowest BCUT2D eigenvalue weighted by Gasteiger charge is -2.18. The van der Waals surface area contributed by atoms with Gasteiger partial charge in [0.05, 0.1) is 0 Å². The summed E-state index contributed by atoms with van der Waals surface area (Å²) in [5.41, 5.74) is 2.68. The molecule has 0 aliphatic heterocycles. The molecule has 2 aromatic carbocycles. The molecule has 3 heterocycles. The molecule has 0 saturated heterocycles. The van der Waals surface area contributed by atoms with E-state index in [1.807, 2.05) is 12.1 Å². The summed E-state index contributed by atoms with van der Waals surface area (Å²) in [5, 5.41) is 4.42. The first-order valence-electron chi connectivity index (χ1n) is 10.2. The van der Waals surface area contributed by atoms with Crippen LogP contribution >= 0.6 is 11.3 Å². The summed E-state index contributed by atoms with van der Waals surface area (Å²) in [5.74, 6) is 1.35. The van der Waals surface area contributed by atoms with E-state index in [9.17, 15) is 9.18 Å². The smallest absolute Gasteiger partial charge is 0.291 e. The Kier molecular flexibility index (Phi) is 4.78. The highest BCUT2D eigenvalue weighted by Crippen LogP contribution is 2.25. The molecule has 0 amide bonds. The molecule has 0 spiro atoms.